The van der Waals surface area contributed by atoms with Crippen LogP contribution in [-0.4, -0.2) is 32.3 Å². The van der Waals surface area contributed by atoms with Crippen molar-refractivity contribution in [1.29, 1.82) is 0 Å². The van der Waals surface area contributed by atoms with Crippen molar-refractivity contribution in [1.82, 2.24) is 18.7 Å². The summed E-state index contributed by atoms with van der Waals surface area (Å²) < 4.78 is 9.91. The number of aryl methyl sites for hydroxylation is 1. The fourth-order valence-electron chi connectivity index (χ4n) is 3.76. The van der Waals surface area contributed by atoms with Gasteiger partial charge in [-0.2, -0.15) is 4.98 Å². The van der Waals surface area contributed by atoms with Crippen LogP contribution < -0.4 is 20.9 Å². The van der Waals surface area contributed by atoms with Crippen LogP contribution in [0.3, 0.4) is 0 Å². The number of nitrogens with zero attached hydrogens (tertiary/aromatic N) is 5. The second-order valence-corrected chi connectivity index (χ2v) is 7.00. The van der Waals surface area contributed by atoms with Crippen LogP contribution in [0.2, 0.25) is 0 Å². The first-order valence-corrected chi connectivity index (χ1v) is 9.07. The highest BCUT2D eigenvalue weighted by molar-refractivity contribution is 5.77. The van der Waals surface area contributed by atoms with E-state index in [0.717, 1.165) is 18.0 Å². The molecule has 0 bridgehead atoms. The molecular formula is C19H23N5O3. The fourth-order valence-corrected chi connectivity index (χ4v) is 3.76. The lowest BCUT2D eigenvalue weighted by Gasteiger charge is -2.33. The van der Waals surface area contributed by atoms with Crippen LogP contribution in [0.15, 0.2) is 33.9 Å². The topological polar surface area (TPSA) is 74.3 Å². The molecule has 0 fully saturated rings. The van der Waals surface area contributed by atoms with Crippen LogP contribution in [0.5, 0.6) is 5.75 Å². The van der Waals surface area contributed by atoms with Crippen molar-refractivity contribution < 1.29 is 4.74 Å². The summed E-state index contributed by atoms with van der Waals surface area (Å²) in [5.74, 6) is 1.79. The molecule has 142 valence electrons. The van der Waals surface area contributed by atoms with Gasteiger partial charge in [0, 0.05) is 32.4 Å². The zero-order valence-corrected chi connectivity index (χ0v) is 16.0. The Labute approximate surface area is 156 Å². The molecular weight excluding hydrogens is 346 g/mol. The maximum Gasteiger partial charge on any atom is 0.332 e. The minimum absolute atomic E-state index is 0.280. The number of fused-ring (bicyclic) bond motifs is 3. The van der Waals surface area contributed by atoms with Gasteiger partial charge in [0.15, 0.2) is 11.2 Å². The van der Waals surface area contributed by atoms with Gasteiger partial charge in [-0.15, -0.1) is 0 Å². The lowest BCUT2D eigenvalue weighted by Crippen LogP contribution is -2.40. The minimum atomic E-state index is -0.338. The van der Waals surface area contributed by atoms with Crippen molar-refractivity contribution in [3.63, 3.8) is 0 Å². The van der Waals surface area contributed by atoms with Crippen molar-refractivity contribution in [2.45, 2.75) is 26.9 Å². The summed E-state index contributed by atoms with van der Waals surface area (Å²) in [6.45, 7) is 5.75. The third-order valence-corrected chi connectivity index (χ3v) is 5.14. The van der Waals surface area contributed by atoms with Gasteiger partial charge in [0.2, 0.25) is 5.95 Å². The molecule has 1 unspecified atom stereocenters. The van der Waals surface area contributed by atoms with Gasteiger partial charge in [-0.25, -0.2) is 4.79 Å². The molecule has 27 heavy (non-hydrogen) atoms. The number of aromatic nitrogens is 4. The van der Waals surface area contributed by atoms with Crippen LogP contribution in [0.1, 0.15) is 13.8 Å². The summed E-state index contributed by atoms with van der Waals surface area (Å²) in [6, 6.07) is 7.76. The summed E-state index contributed by atoms with van der Waals surface area (Å²) in [5, 5.41) is 0. The molecule has 0 amide bonds. The molecule has 3 heterocycles. The van der Waals surface area contributed by atoms with Crippen molar-refractivity contribution in [3.8, 4) is 5.75 Å². The van der Waals surface area contributed by atoms with Crippen LogP contribution in [0.4, 0.5) is 11.6 Å². The molecule has 8 nitrogen and oxygen atoms in total. The quantitative estimate of drug-likeness (QED) is 0.703. The first-order chi connectivity index (χ1) is 13.0. The Hall–Kier alpha value is -3.03. The second kappa shape index (κ2) is 6.29. The Kier molecular flexibility index (Phi) is 4.05. The van der Waals surface area contributed by atoms with E-state index < -0.39 is 0 Å². The first kappa shape index (κ1) is 17.4. The van der Waals surface area contributed by atoms with E-state index in [9.17, 15) is 9.59 Å². The predicted molar refractivity (Wildman–Crippen MR) is 104 cm³/mol. The lowest BCUT2D eigenvalue weighted by atomic mass is 10.1. The molecule has 0 saturated heterocycles. The van der Waals surface area contributed by atoms with Crippen molar-refractivity contribution in [3.05, 3.63) is 45.1 Å². The average Bonchev–Trinajstić information content (AvgIpc) is 3.06. The van der Waals surface area contributed by atoms with E-state index in [1.165, 1.54) is 9.13 Å². The van der Waals surface area contributed by atoms with Crippen LogP contribution in [-0.2, 0) is 20.1 Å². The Bertz CT molecular complexity index is 1120. The predicted octanol–water partition coefficient (Wildman–Crippen LogP) is 1.71. The third-order valence-electron chi connectivity index (χ3n) is 5.14. The fraction of sp³-hybridized carbons (Fsp3) is 0.421. The number of ether oxygens (including phenoxy) is 1. The molecule has 1 atom stereocenters. The van der Waals surface area contributed by atoms with Crippen LogP contribution in [0, 0.1) is 5.92 Å². The Balaban J connectivity index is 1.98. The molecule has 0 N–H and O–H groups in total. The second-order valence-electron chi connectivity index (χ2n) is 7.00. The van der Waals surface area contributed by atoms with E-state index in [1.54, 1.807) is 21.1 Å². The zero-order chi connectivity index (χ0) is 19.3. The molecule has 1 aliphatic rings. The zero-order valence-electron chi connectivity index (χ0n) is 16.0. The van der Waals surface area contributed by atoms with E-state index >= 15 is 0 Å². The number of rotatable bonds is 3. The lowest BCUT2D eigenvalue weighted by molar-refractivity contribution is 0.414. The Morgan fingerprint density at radius 1 is 1.19 bits per heavy atom. The molecule has 1 aromatic carbocycles. The van der Waals surface area contributed by atoms with E-state index in [2.05, 4.69) is 11.8 Å². The Morgan fingerprint density at radius 2 is 1.89 bits per heavy atom. The first-order valence-electron chi connectivity index (χ1n) is 9.07. The molecule has 0 saturated carbocycles. The van der Waals surface area contributed by atoms with Crippen molar-refractivity contribution in [2.75, 3.05) is 18.6 Å². The number of hydrogen-bond acceptors (Lipinski definition) is 5. The summed E-state index contributed by atoms with van der Waals surface area (Å²) >= 11 is 0. The average molecular weight is 369 g/mol. The van der Waals surface area contributed by atoms with E-state index in [4.69, 9.17) is 9.72 Å². The SMILES string of the molecule is CCn1c(=O)c2c(nc3n2CC(C)CN3c2ccc(OC)cc2)n(C)c1=O. The molecule has 0 radical (unpaired) electrons. The van der Waals surface area contributed by atoms with Crippen LogP contribution >= 0.6 is 0 Å². The van der Waals surface area contributed by atoms with Gasteiger partial charge >= 0.3 is 5.69 Å². The largest absolute Gasteiger partial charge is 0.497 e. The number of benzene rings is 1. The summed E-state index contributed by atoms with van der Waals surface area (Å²) in [7, 11) is 3.30. The molecule has 4 rings (SSSR count). The van der Waals surface area contributed by atoms with E-state index in [1.807, 2.05) is 28.8 Å². The van der Waals surface area contributed by atoms with E-state index in [-0.39, 0.29) is 11.2 Å². The maximum atomic E-state index is 13.0. The normalized spacial score (nSPS) is 16.6. The van der Waals surface area contributed by atoms with Crippen molar-refractivity contribution in [2.24, 2.45) is 13.0 Å². The monoisotopic (exact) mass is 369 g/mol. The van der Waals surface area contributed by atoms with E-state index in [0.29, 0.717) is 36.1 Å². The minimum Gasteiger partial charge on any atom is -0.497 e. The third kappa shape index (κ3) is 2.55. The standard InChI is InChI=1S/C19H23N5O3/c1-5-22-17(25)15-16(21(3)19(22)26)20-18-23(10-12(2)11-24(15)18)13-6-8-14(27-4)9-7-13/h6-9,12H,5,10-11H2,1-4H3. The molecule has 1 aliphatic heterocycles. The van der Waals surface area contributed by atoms with Gasteiger partial charge in [0.25, 0.3) is 5.56 Å². The number of anilines is 2. The molecule has 2 aromatic heterocycles. The van der Waals surface area contributed by atoms with Gasteiger partial charge < -0.3 is 14.2 Å². The molecule has 0 spiro atoms. The summed E-state index contributed by atoms with van der Waals surface area (Å²) in [4.78, 5) is 32.2. The highest BCUT2D eigenvalue weighted by atomic mass is 16.5. The number of methoxy groups -OCH3 is 1. The van der Waals surface area contributed by atoms with Crippen LogP contribution in [0.25, 0.3) is 11.2 Å². The number of imidazole rings is 1. The molecule has 3 aromatic rings. The summed E-state index contributed by atoms with van der Waals surface area (Å²) in [6.07, 6.45) is 0. The number of hydrogen-bond donors (Lipinski definition) is 0. The Morgan fingerprint density at radius 3 is 2.52 bits per heavy atom. The molecule has 8 heteroatoms. The highest BCUT2D eigenvalue weighted by Gasteiger charge is 2.29. The van der Waals surface area contributed by atoms with Gasteiger partial charge in [-0.05, 0) is 37.1 Å². The summed E-state index contributed by atoms with van der Waals surface area (Å²) in [5.41, 5.74) is 1.27. The van der Waals surface area contributed by atoms with Gasteiger partial charge in [0.1, 0.15) is 5.75 Å². The van der Waals surface area contributed by atoms with Gasteiger partial charge in [0.05, 0.1) is 7.11 Å². The maximum absolute atomic E-state index is 13.0. The van der Waals surface area contributed by atoms with Gasteiger partial charge in [-0.3, -0.25) is 13.9 Å². The molecule has 0 aliphatic carbocycles. The van der Waals surface area contributed by atoms with Crippen molar-refractivity contribution >= 4 is 22.8 Å². The smallest absolute Gasteiger partial charge is 0.332 e. The van der Waals surface area contributed by atoms with Gasteiger partial charge in [-0.1, -0.05) is 6.92 Å². The highest BCUT2D eigenvalue weighted by Crippen LogP contribution is 2.33.